The molecule has 0 heterocycles. The number of rotatable bonds is 4. The van der Waals surface area contributed by atoms with Gasteiger partial charge in [0.2, 0.25) is 0 Å². The van der Waals surface area contributed by atoms with Gasteiger partial charge in [-0.05, 0) is 13.8 Å². The van der Waals surface area contributed by atoms with Crippen LogP contribution in [0.15, 0.2) is 0 Å². The van der Waals surface area contributed by atoms with Crippen LogP contribution >= 0.6 is 12.6 Å². The Bertz CT molecular complexity index is 115. The van der Waals surface area contributed by atoms with Crippen LogP contribution in [0.3, 0.4) is 0 Å². The van der Waals surface area contributed by atoms with E-state index in [1.807, 2.05) is 13.8 Å². The lowest BCUT2D eigenvalue weighted by Gasteiger charge is -2.17. The molecule has 0 aliphatic carbocycles. The molecular formula is C7H15NO2S. The maximum absolute atomic E-state index is 11.0. The average molecular weight is 177 g/mol. The lowest BCUT2D eigenvalue weighted by Crippen LogP contribution is -2.31. The van der Waals surface area contributed by atoms with Crippen LogP contribution in [0.2, 0.25) is 0 Å². The van der Waals surface area contributed by atoms with Crippen molar-refractivity contribution in [3.8, 4) is 0 Å². The topological polar surface area (TPSA) is 29.5 Å². The fourth-order valence-corrected chi connectivity index (χ4v) is 0.797. The van der Waals surface area contributed by atoms with Crippen molar-refractivity contribution in [1.82, 2.24) is 4.90 Å². The molecule has 0 aliphatic rings. The zero-order chi connectivity index (χ0) is 8.69. The predicted octanol–water partition coefficient (Wildman–Crippen LogP) is 1.39. The average Bonchev–Trinajstić information content (AvgIpc) is 2.03. The molecule has 0 aliphatic heterocycles. The monoisotopic (exact) mass is 177 g/mol. The summed E-state index contributed by atoms with van der Waals surface area (Å²) in [6.45, 7) is 5.62. The molecule has 1 amide bonds. The molecule has 0 N–H and O–H groups in total. The van der Waals surface area contributed by atoms with Crippen molar-refractivity contribution < 1.29 is 9.53 Å². The summed E-state index contributed by atoms with van der Waals surface area (Å²) < 4.78 is 4.85. The van der Waals surface area contributed by atoms with Crippen molar-refractivity contribution in [2.24, 2.45) is 0 Å². The Morgan fingerprint density at radius 3 is 2.36 bits per heavy atom. The maximum Gasteiger partial charge on any atom is 0.409 e. The highest BCUT2D eigenvalue weighted by molar-refractivity contribution is 7.80. The Hall–Kier alpha value is -0.380. The van der Waals surface area contributed by atoms with Gasteiger partial charge >= 0.3 is 6.09 Å². The molecule has 3 nitrogen and oxygen atoms in total. The number of nitrogens with zero attached hydrogens (tertiary/aromatic N) is 1. The third kappa shape index (κ3) is 4.14. The summed E-state index contributed by atoms with van der Waals surface area (Å²) in [4.78, 5) is 12.7. The van der Waals surface area contributed by atoms with E-state index in [0.717, 1.165) is 0 Å². The molecule has 0 spiro atoms. The molecule has 0 aromatic heterocycles. The molecule has 0 radical (unpaired) electrons. The molecule has 0 rings (SSSR count). The van der Waals surface area contributed by atoms with Crippen molar-refractivity contribution >= 4 is 18.7 Å². The molecule has 0 fully saturated rings. The molecule has 0 atom stereocenters. The number of amides is 1. The molecule has 66 valence electrons. The Morgan fingerprint density at radius 2 is 2.00 bits per heavy atom. The molecule has 4 heteroatoms. The number of carbonyl (C=O) groups excluding carboxylic acids is 1. The van der Waals surface area contributed by atoms with Gasteiger partial charge in [0.05, 0.1) is 0 Å². The van der Waals surface area contributed by atoms with E-state index in [0.29, 0.717) is 25.4 Å². The van der Waals surface area contributed by atoms with Crippen molar-refractivity contribution in [3.63, 3.8) is 0 Å². The minimum atomic E-state index is -0.246. The Morgan fingerprint density at radius 1 is 1.45 bits per heavy atom. The van der Waals surface area contributed by atoms with E-state index < -0.39 is 0 Å². The zero-order valence-corrected chi connectivity index (χ0v) is 7.93. The maximum atomic E-state index is 11.0. The molecule has 0 bridgehead atoms. The molecule has 0 unspecified atom stereocenters. The lowest BCUT2D eigenvalue weighted by atomic mass is 10.5. The van der Waals surface area contributed by atoms with Gasteiger partial charge in [0, 0.05) is 18.8 Å². The van der Waals surface area contributed by atoms with Gasteiger partial charge < -0.3 is 9.64 Å². The lowest BCUT2D eigenvalue weighted by molar-refractivity contribution is 0.112. The van der Waals surface area contributed by atoms with E-state index in [1.54, 1.807) is 4.90 Å². The van der Waals surface area contributed by atoms with Gasteiger partial charge in [-0.25, -0.2) is 4.79 Å². The van der Waals surface area contributed by atoms with Crippen molar-refractivity contribution in [2.75, 3.05) is 25.4 Å². The van der Waals surface area contributed by atoms with Gasteiger partial charge in [-0.15, -0.1) is 0 Å². The predicted molar refractivity (Wildman–Crippen MR) is 48.1 cm³/mol. The van der Waals surface area contributed by atoms with Crippen LogP contribution < -0.4 is 0 Å². The highest BCUT2D eigenvalue weighted by Gasteiger charge is 2.08. The highest BCUT2D eigenvalue weighted by Crippen LogP contribution is 1.92. The first-order chi connectivity index (χ1) is 5.26. The third-order valence-corrected chi connectivity index (χ3v) is 1.52. The van der Waals surface area contributed by atoms with Gasteiger partial charge in [-0.1, -0.05) is 0 Å². The molecule has 0 aromatic carbocycles. The van der Waals surface area contributed by atoms with Crippen LogP contribution in [0.5, 0.6) is 0 Å². The van der Waals surface area contributed by atoms with E-state index in [9.17, 15) is 4.79 Å². The molecule has 11 heavy (non-hydrogen) atoms. The van der Waals surface area contributed by atoms with Crippen LogP contribution in [0, 0.1) is 0 Å². The first-order valence-corrected chi connectivity index (χ1v) is 4.42. The molecule has 0 saturated heterocycles. The van der Waals surface area contributed by atoms with Crippen LogP contribution in [0.25, 0.3) is 0 Å². The SMILES string of the molecule is CCN(CC)C(=O)OCCS. The summed E-state index contributed by atoms with van der Waals surface area (Å²) >= 11 is 3.93. The second kappa shape index (κ2) is 6.34. The third-order valence-electron chi connectivity index (χ3n) is 1.34. The second-order valence-electron chi connectivity index (χ2n) is 2.01. The van der Waals surface area contributed by atoms with Crippen LogP contribution in [-0.2, 0) is 4.74 Å². The zero-order valence-electron chi connectivity index (χ0n) is 7.04. The largest absolute Gasteiger partial charge is 0.449 e. The molecule has 0 aromatic rings. The Balaban J connectivity index is 3.61. The minimum Gasteiger partial charge on any atom is -0.449 e. The summed E-state index contributed by atoms with van der Waals surface area (Å²) in [6.07, 6.45) is -0.246. The van der Waals surface area contributed by atoms with E-state index in [4.69, 9.17) is 4.74 Å². The number of hydrogen-bond donors (Lipinski definition) is 1. The first-order valence-electron chi connectivity index (χ1n) is 3.78. The van der Waals surface area contributed by atoms with Crippen molar-refractivity contribution in [2.45, 2.75) is 13.8 Å². The van der Waals surface area contributed by atoms with Crippen LogP contribution in [-0.4, -0.2) is 36.4 Å². The summed E-state index contributed by atoms with van der Waals surface area (Å²) in [7, 11) is 0. The van der Waals surface area contributed by atoms with Gasteiger partial charge in [0.1, 0.15) is 6.61 Å². The van der Waals surface area contributed by atoms with Gasteiger partial charge in [-0.3, -0.25) is 0 Å². The van der Waals surface area contributed by atoms with E-state index in [-0.39, 0.29) is 6.09 Å². The van der Waals surface area contributed by atoms with Crippen molar-refractivity contribution in [1.29, 1.82) is 0 Å². The number of ether oxygens (including phenoxy) is 1. The summed E-state index contributed by atoms with van der Waals surface area (Å²) in [5, 5.41) is 0. The second-order valence-corrected chi connectivity index (χ2v) is 2.46. The van der Waals surface area contributed by atoms with Crippen LogP contribution in [0.4, 0.5) is 4.79 Å². The minimum absolute atomic E-state index is 0.246. The number of hydrogen-bond acceptors (Lipinski definition) is 3. The van der Waals surface area contributed by atoms with Gasteiger partial charge in [0.15, 0.2) is 0 Å². The smallest absolute Gasteiger partial charge is 0.409 e. The Kier molecular flexibility index (Phi) is 6.12. The van der Waals surface area contributed by atoms with Gasteiger partial charge in [0.25, 0.3) is 0 Å². The van der Waals surface area contributed by atoms with E-state index in [2.05, 4.69) is 12.6 Å². The van der Waals surface area contributed by atoms with Crippen molar-refractivity contribution in [3.05, 3.63) is 0 Å². The fourth-order valence-electron chi connectivity index (χ4n) is 0.706. The number of thiol groups is 1. The quantitative estimate of drug-likeness (QED) is 0.658. The number of carbonyl (C=O) groups is 1. The summed E-state index contributed by atoms with van der Waals surface area (Å²) in [5.41, 5.74) is 0. The van der Waals surface area contributed by atoms with Crippen LogP contribution in [0.1, 0.15) is 13.8 Å². The highest BCUT2D eigenvalue weighted by atomic mass is 32.1. The normalized spacial score (nSPS) is 9.36. The van der Waals surface area contributed by atoms with E-state index >= 15 is 0 Å². The summed E-state index contributed by atoms with van der Waals surface area (Å²) in [5.74, 6) is 0.576. The fraction of sp³-hybridized carbons (Fsp3) is 0.857. The standard InChI is InChI=1S/C7H15NO2S/c1-3-8(4-2)7(9)10-5-6-11/h11H,3-6H2,1-2H3. The Labute approximate surface area is 73.1 Å². The molecule has 0 saturated carbocycles. The molecular weight excluding hydrogens is 162 g/mol. The van der Waals surface area contributed by atoms with Gasteiger partial charge in [-0.2, -0.15) is 12.6 Å². The summed E-state index contributed by atoms with van der Waals surface area (Å²) in [6, 6.07) is 0. The first kappa shape index (κ1) is 10.6. The van der Waals surface area contributed by atoms with E-state index in [1.165, 1.54) is 0 Å².